The minimum atomic E-state index is -0.340. The van der Waals surface area contributed by atoms with Crippen LogP contribution in [0, 0.1) is 13.8 Å². The molecule has 0 bridgehead atoms. The first kappa shape index (κ1) is 16.6. The fourth-order valence-corrected chi connectivity index (χ4v) is 3.30. The highest BCUT2D eigenvalue weighted by Crippen LogP contribution is 2.37. The van der Waals surface area contributed by atoms with Gasteiger partial charge in [0.25, 0.3) is 0 Å². The molecule has 1 aliphatic heterocycles. The Kier molecular flexibility index (Phi) is 4.35. The molecule has 1 heterocycles. The Labute approximate surface area is 144 Å². The van der Waals surface area contributed by atoms with Crippen molar-refractivity contribution in [3.05, 3.63) is 58.7 Å². The summed E-state index contributed by atoms with van der Waals surface area (Å²) in [5, 5.41) is 2.85. The molecule has 3 heteroatoms. The summed E-state index contributed by atoms with van der Waals surface area (Å²) in [6.45, 7) is 10.6. The summed E-state index contributed by atoms with van der Waals surface area (Å²) in [5.41, 5.74) is 7.15. The van der Waals surface area contributed by atoms with Gasteiger partial charge in [0.05, 0.1) is 6.04 Å². The Morgan fingerprint density at radius 3 is 2.42 bits per heavy atom. The molecule has 2 atom stereocenters. The van der Waals surface area contributed by atoms with Crippen molar-refractivity contribution in [2.24, 2.45) is 0 Å². The van der Waals surface area contributed by atoms with Crippen molar-refractivity contribution >= 4 is 6.09 Å². The average molecular weight is 323 g/mol. The number of aryl methyl sites for hydroxylation is 2. The lowest BCUT2D eigenvalue weighted by Gasteiger charge is -2.20. The molecule has 0 unspecified atom stereocenters. The molecule has 0 aromatic heterocycles. The lowest BCUT2D eigenvalue weighted by atomic mass is 9.88. The third-order valence-electron chi connectivity index (χ3n) is 4.77. The average Bonchev–Trinajstić information content (AvgIpc) is 2.86. The molecule has 24 heavy (non-hydrogen) atoms. The van der Waals surface area contributed by atoms with E-state index in [4.69, 9.17) is 4.74 Å². The third kappa shape index (κ3) is 3.03. The number of nitrogens with one attached hydrogen (secondary N) is 1. The van der Waals surface area contributed by atoms with Gasteiger partial charge in [0, 0.05) is 5.56 Å². The van der Waals surface area contributed by atoms with Gasteiger partial charge < -0.3 is 10.1 Å². The van der Waals surface area contributed by atoms with E-state index in [2.05, 4.69) is 69.4 Å². The number of carbonyl (C=O) groups excluding carboxylic acids is 1. The quantitative estimate of drug-likeness (QED) is 0.836. The van der Waals surface area contributed by atoms with E-state index in [0.29, 0.717) is 5.92 Å². The van der Waals surface area contributed by atoms with Crippen LogP contribution in [0.4, 0.5) is 4.79 Å². The highest BCUT2D eigenvalue weighted by atomic mass is 16.6. The van der Waals surface area contributed by atoms with Gasteiger partial charge in [0.1, 0.15) is 6.10 Å². The molecular weight excluding hydrogens is 298 g/mol. The summed E-state index contributed by atoms with van der Waals surface area (Å²) in [4.78, 5) is 11.6. The first-order valence-corrected chi connectivity index (χ1v) is 8.55. The molecule has 0 saturated carbocycles. The summed E-state index contributed by atoms with van der Waals surface area (Å²) in [6, 6.07) is 13.0. The molecule has 2 aromatic carbocycles. The van der Waals surface area contributed by atoms with Crippen LogP contribution < -0.4 is 5.32 Å². The van der Waals surface area contributed by atoms with Crippen molar-refractivity contribution in [2.75, 3.05) is 0 Å². The number of amides is 1. The highest BCUT2D eigenvalue weighted by Gasteiger charge is 2.33. The SMILES string of the molecule is Cc1ccc(-c2cc(C(C)C)ccc2C)c([C@@H]2OC(=O)N[C@H]2C)c1. The van der Waals surface area contributed by atoms with E-state index >= 15 is 0 Å². The smallest absolute Gasteiger partial charge is 0.408 e. The molecule has 0 aliphatic carbocycles. The Hall–Kier alpha value is -2.29. The second-order valence-corrected chi connectivity index (χ2v) is 7.08. The van der Waals surface area contributed by atoms with Crippen molar-refractivity contribution in [3.8, 4) is 11.1 Å². The van der Waals surface area contributed by atoms with Crippen LogP contribution in [-0.4, -0.2) is 12.1 Å². The van der Waals surface area contributed by atoms with E-state index in [0.717, 1.165) is 11.1 Å². The van der Waals surface area contributed by atoms with Crippen molar-refractivity contribution < 1.29 is 9.53 Å². The number of benzene rings is 2. The number of ether oxygens (including phenoxy) is 1. The minimum absolute atomic E-state index is 0.0355. The van der Waals surface area contributed by atoms with E-state index in [-0.39, 0.29) is 18.2 Å². The predicted molar refractivity (Wildman–Crippen MR) is 97.3 cm³/mol. The molecule has 1 aliphatic rings. The van der Waals surface area contributed by atoms with Crippen LogP contribution in [0.2, 0.25) is 0 Å². The topological polar surface area (TPSA) is 38.3 Å². The lowest BCUT2D eigenvalue weighted by Crippen LogP contribution is -2.24. The zero-order valence-corrected chi connectivity index (χ0v) is 15.0. The number of cyclic esters (lactones) is 1. The van der Waals surface area contributed by atoms with Crippen LogP contribution in [0.3, 0.4) is 0 Å². The van der Waals surface area contributed by atoms with E-state index < -0.39 is 0 Å². The minimum Gasteiger partial charge on any atom is -0.439 e. The molecule has 3 nitrogen and oxygen atoms in total. The van der Waals surface area contributed by atoms with Gasteiger partial charge in [-0.05, 0) is 48.9 Å². The molecule has 0 radical (unpaired) electrons. The lowest BCUT2D eigenvalue weighted by molar-refractivity contribution is 0.134. The Balaban J connectivity index is 2.15. The standard InChI is InChI=1S/C21H25NO2/c1-12(2)16-8-7-14(4)18(11-16)17-9-6-13(3)10-19(17)20-15(5)22-21(23)24-20/h6-12,15,20H,1-5H3,(H,22,23)/t15-,20+/m0/s1. The monoisotopic (exact) mass is 323 g/mol. The molecule has 2 aromatic rings. The van der Waals surface area contributed by atoms with Crippen LogP contribution in [0.5, 0.6) is 0 Å². The Morgan fingerprint density at radius 2 is 1.79 bits per heavy atom. The molecule has 1 saturated heterocycles. The zero-order chi connectivity index (χ0) is 17.4. The second kappa shape index (κ2) is 6.31. The van der Waals surface area contributed by atoms with Crippen molar-refractivity contribution in [2.45, 2.75) is 52.7 Å². The maximum atomic E-state index is 11.6. The van der Waals surface area contributed by atoms with Gasteiger partial charge in [-0.2, -0.15) is 0 Å². The van der Waals surface area contributed by atoms with Crippen LogP contribution in [0.1, 0.15) is 55.0 Å². The van der Waals surface area contributed by atoms with Gasteiger partial charge >= 0.3 is 6.09 Å². The van der Waals surface area contributed by atoms with Crippen LogP contribution in [0.25, 0.3) is 11.1 Å². The van der Waals surface area contributed by atoms with E-state index in [1.165, 1.54) is 22.3 Å². The number of hydrogen-bond donors (Lipinski definition) is 1. The summed E-state index contributed by atoms with van der Waals surface area (Å²) >= 11 is 0. The summed E-state index contributed by atoms with van der Waals surface area (Å²) in [5.74, 6) is 0.475. The van der Waals surface area contributed by atoms with Crippen molar-refractivity contribution in [1.29, 1.82) is 0 Å². The number of rotatable bonds is 3. The van der Waals surface area contributed by atoms with Crippen LogP contribution in [0.15, 0.2) is 36.4 Å². The van der Waals surface area contributed by atoms with E-state index in [1.807, 2.05) is 6.92 Å². The highest BCUT2D eigenvalue weighted by molar-refractivity contribution is 5.75. The molecular formula is C21H25NO2. The fraction of sp³-hybridized carbons (Fsp3) is 0.381. The number of hydrogen-bond acceptors (Lipinski definition) is 2. The van der Waals surface area contributed by atoms with Crippen molar-refractivity contribution in [3.63, 3.8) is 0 Å². The Morgan fingerprint density at radius 1 is 1.04 bits per heavy atom. The molecule has 1 N–H and O–H groups in total. The van der Waals surface area contributed by atoms with Gasteiger partial charge in [0.2, 0.25) is 0 Å². The van der Waals surface area contributed by atoms with Gasteiger partial charge in [0.15, 0.2) is 0 Å². The Bertz CT molecular complexity index is 779. The number of alkyl carbamates (subject to hydrolysis) is 1. The van der Waals surface area contributed by atoms with Gasteiger partial charge in [-0.25, -0.2) is 4.79 Å². The van der Waals surface area contributed by atoms with E-state index in [9.17, 15) is 4.79 Å². The molecule has 126 valence electrons. The molecule has 1 fully saturated rings. The number of carbonyl (C=O) groups is 1. The third-order valence-corrected chi connectivity index (χ3v) is 4.77. The molecule has 0 spiro atoms. The van der Waals surface area contributed by atoms with Crippen LogP contribution >= 0.6 is 0 Å². The first-order valence-electron chi connectivity index (χ1n) is 8.55. The molecule has 1 amide bonds. The largest absolute Gasteiger partial charge is 0.439 e. The zero-order valence-electron chi connectivity index (χ0n) is 15.0. The normalized spacial score (nSPS) is 20.2. The first-order chi connectivity index (χ1) is 11.4. The van der Waals surface area contributed by atoms with Gasteiger partial charge in [-0.15, -0.1) is 0 Å². The van der Waals surface area contributed by atoms with Gasteiger partial charge in [-0.1, -0.05) is 55.8 Å². The maximum absolute atomic E-state index is 11.6. The van der Waals surface area contributed by atoms with Crippen molar-refractivity contribution in [1.82, 2.24) is 5.32 Å². The predicted octanol–water partition coefficient (Wildman–Crippen LogP) is 5.26. The summed E-state index contributed by atoms with van der Waals surface area (Å²) < 4.78 is 5.54. The maximum Gasteiger partial charge on any atom is 0.408 e. The molecule has 3 rings (SSSR count). The summed E-state index contributed by atoms with van der Waals surface area (Å²) in [7, 11) is 0. The van der Waals surface area contributed by atoms with Gasteiger partial charge in [-0.3, -0.25) is 0 Å². The second-order valence-electron chi connectivity index (χ2n) is 7.08. The van der Waals surface area contributed by atoms with Crippen LogP contribution in [-0.2, 0) is 4.74 Å². The van der Waals surface area contributed by atoms with E-state index in [1.54, 1.807) is 0 Å². The summed E-state index contributed by atoms with van der Waals surface area (Å²) in [6.07, 6.45) is -0.595. The fourth-order valence-electron chi connectivity index (χ4n) is 3.30.